The Morgan fingerprint density at radius 1 is 1.54 bits per heavy atom. The molecule has 74 valence electrons. The molecule has 0 aromatic carbocycles. The van der Waals surface area contributed by atoms with Gasteiger partial charge in [-0.3, -0.25) is 9.69 Å². The zero-order valence-electron chi connectivity index (χ0n) is 8.29. The number of carbonyl (C=O) groups is 1. The van der Waals surface area contributed by atoms with Crippen molar-refractivity contribution < 1.29 is 4.79 Å². The van der Waals surface area contributed by atoms with Crippen LogP contribution < -0.4 is 5.73 Å². The number of terminal acetylenes is 1. The Kier molecular flexibility index (Phi) is 5.94. The lowest BCUT2D eigenvalue weighted by atomic mass is 10.4. The third-order valence-electron chi connectivity index (χ3n) is 1.67. The van der Waals surface area contributed by atoms with Crippen LogP contribution in [0.25, 0.3) is 0 Å². The molecule has 0 saturated heterocycles. The van der Waals surface area contributed by atoms with Gasteiger partial charge < -0.3 is 10.6 Å². The summed E-state index contributed by atoms with van der Waals surface area (Å²) in [5.74, 6) is 2.44. The normalized spacial score (nSPS) is 9.77. The third-order valence-corrected chi connectivity index (χ3v) is 1.67. The lowest BCUT2D eigenvalue weighted by molar-refractivity contribution is -0.130. The lowest BCUT2D eigenvalue weighted by Gasteiger charge is -2.19. The predicted octanol–water partition coefficient (Wildman–Crippen LogP) is -1.03. The predicted molar refractivity (Wildman–Crippen MR) is 53.0 cm³/mol. The van der Waals surface area contributed by atoms with Gasteiger partial charge in [-0.25, -0.2) is 0 Å². The van der Waals surface area contributed by atoms with E-state index in [0.29, 0.717) is 19.6 Å². The Morgan fingerprint density at radius 3 is 2.62 bits per heavy atom. The van der Waals surface area contributed by atoms with E-state index < -0.39 is 0 Å². The van der Waals surface area contributed by atoms with Gasteiger partial charge in [0.25, 0.3) is 0 Å². The number of nitrogens with two attached hydrogens (primary N) is 1. The standard InChI is InChI=1S/C9H17N3O/c1-4-6-12(3)9(13)8-11(2)7-5-10/h1H,5-8,10H2,2-3H3. The first-order valence-corrected chi connectivity index (χ1v) is 4.17. The van der Waals surface area contributed by atoms with Crippen molar-refractivity contribution in [1.29, 1.82) is 0 Å². The van der Waals surface area contributed by atoms with E-state index in [4.69, 9.17) is 12.2 Å². The Morgan fingerprint density at radius 2 is 2.15 bits per heavy atom. The summed E-state index contributed by atoms with van der Waals surface area (Å²) in [6.07, 6.45) is 5.08. The molecule has 4 nitrogen and oxygen atoms in total. The van der Waals surface area contributed by atoms with Crippen LogP contribution in [0.15, 0.2) is 0 Å². The molecule has 0 unspecified atom stereocenters. The van der Waals surface area contributed by atoms with Crippen LogP contribution in [-0.4, -0.2) is 56.0 Å². The van der Waals surface area contributed by atoms with E-state index in [1.54, 1.807) is 7.05 Å². The second kappa shape index (κ2) is 6.46. The fourth-order valence-corrected chi connectivity index (χ4v) is 0.876. The minimum absolute atomic E-state index is 0.0221. The van der Waals surface area contributed by atoms with Crippen LogP contribution in [0.1, 0.15) is 0 Å². The molecule has 0 atom stereocenters. The summed E-state index contributed by atoms with van der Waals surface area (Å²) in [5.41, 5.74) is 5.34. The van der Waals surface area contributed by atoms with Crippen LogP contribution in [-0.2, 0) is 4.79 Å². The molecule has 0 heterocycles. The average molecular weight is 183 g/mol. The van der Waals surface area contributed by atoms with E-state index in [0.717, 1.165) is 6.54 Å². The van der Waals surface area contributed by atoms with Crippen molar-refractivity contribution >= 4 is 5.91 Å². The number of rotatable bonds is 5. The van der Waals surface area contributed by atoms with Crippen molar-refractivity contribution in [2.45, 2.75) is 0 Å². The maximum absolute atomic E-state index is 11.4. The van der Waals surface area contributed by atoms with Gasteiger partial charge in [0.2, 0.25) is 5.91 Å². The van der Waals surface area contributed by atoms with Gasteiger partial charge in [0.05, 0.1) is 13.1 Å². The molecule has 4 heteroatoms. The average Bonchev–Trinajstić information content (AvgIpc) is 2.05. The number of hydrogen-bond acceptors (Lipinski definition) is 3. The summed E-state index contributed by atoms with van der Waals surface area (Å²) in [6, 6.07) is 0. The summed E-state index contributed by atoms with van der Waals surface area (Å²) in [7, 11) is 3.55. The summed E-state index contributed by atoms with van der Waals surface area (Å²) in [5, 5.41) is 0. The summed E-state index contributed by atoms with van der Waals surface area (Å²) >= 11 is 0. The zero-order valence-corrected chi connectivity index (χ0v) is 8.29. The van der Waals surface area contributed by atoms with Crippen LogP contribution in [0.5, 0.6) is 0 Å². The van der Waals surface area contributed by atoms with Crippen LogP contribution in [0.3, 0.4) is 0 Å². The van der Waals surface area contributed by atoms with Crippen LogP contribution in [0.4, 0.5) is 0 Å². The minimum Gasteiger partial charge on any atom is -0.334 e. The molecule has 0 aromatic heterocycles. The molecular formula is C9H17N3O. The number of likely N-dealkylation sites (N-methyl/N-ethyl adjacent to an activating group) is 2. The Bertz CT molecular complexity index is 198. The highest BCUT2D eigenvalue weighted by molar-refractivity contribution is 5.78. The third kappa shape index (κ3) is 5.23. The molecule has 0 aliphatic carbocycles. The molecule has 0 fully saturated rings. The van der Waals surface area contributed by atoms with E-state index in [2.05, 4.69) is 5.92 Å². The van der Waals surface area contributed by atoms with Gasteiger partial charge in [-0.2, -0.15) is 0 Å². The van der Waals surface area contributed by atoms with Gasteiger partial charge in [0, 0.05) is 20.1 Å². The molecule has 0 saturated carbocycles. The number of nitrogens with zero attached hydrogens (tertiary/aromatic N) is 2. The van der Waals surface area contributed by atoms with E-state index in [1.807, 2.05) is 11.9 Å². The monoisotopic (exact) mass is 183 g/mol. The molecule has 2 N–H and O–H groups in total. The van der Waals surface area contributed by atoms with Gasteiger partial charge in [0.15, 0.2) is 0 Å². The first kappa shape index (κ1) is 11.9. The van der Waals surface area contributed by atoms with Crippen LogP contribution in [0, 0.1) is 12.3 Å². The number of carbonyl (C=O) groups excluding carboxylic acids is 1. The van der Waals surface area contributed by atoms with Gasteiger partial charge in [-0.05, 0) is 7.05 Å². The summed E-state index contributed by atoms with van der Waals surface area (Å²) < 4.78 is 0. The van der Waals surface area contributed by atoms with Gasteiger partial charge in [-0.15, -0.1) is 6.42 Å². The van der Waals surface area contributed by atoms with Crippen molar-refractivity contribution in [3.05, 3.63) is 0 Å². The fraction of sp³-hybridized carbons (Fsp3) is 0.667. The quantitative estimate of drug-likeness (QED) is 0.554. The molecule has 0 aromatic rings. The van der Waals surface area contributed by atoms with Gasteiger partial charge in [0.1, 0.15) is 0 Å². The largest absolute Gasteiger partial charge is 0.334 e. The van der Waals surface area contributed by atoms with E-state index >= 15 is 0 Å². The van der Waals surface area contributed by atoms with Crippen molar-refractivity contribution in [3.8, 4) is 12.3 Å². The molecule has 1 amide bonds. The Labute approximate surface area is 79.7 Å². The van der Waals surface area contributed by atoms with E-state index in [-0.39, 0.29) is 5.91 Å². The molecule has 0 bridgehead atoms. The fourth-order valence-electron chi connectivity index (χ4n) is 0.876. The molecule has 0 aliphatic heterocycles. The molecular weight excluding hydrogens is 166 g/mol. The van der Waals surface area contributed by atoms with Crippen molar-refractivity contribution in [2.24, 2.45) is 5.73 Å². The van der Waals surface area contributed by atoms with E-state index in [9.17, 15) is 4.79 Å². The van der Waals surface area contributed by atoms with Gasteiger partial charge >= 0.3 is 0 Å². The molecule has 0 rings (SSSR count). The van der Waals surface area contributed by atoms with Gasteiger partial charge in [-0.1, -0.05) is 5.92 Å². The highest BCUT2D eigenvalue weighted by Gasteiger charge is 2.09. The molecule has 0 radical (unpaired) electrons. The van der Waals surface area contributed by atoms with Crippen LogP contribution in [0.2, 0.25) is 0 Å². The maximum atomic E-state index is 11.4. The number of amides is 1. The minimum atomic E-state index is 0.0221. The lowest BCUT2D eigenvalue weighted by Crippen LogP contribution is -2.38. The summed E-state index contributed by atoms with van der Waals surface area (Å²) in [4.78, 5) is 14.8. The highest BCUT2D eigenvalue weighted by atomic mass is 16.2. The van der Waals surface area contributed by atoms with Crippen molar-refractivity contribution in [1.82, 2.24) is 9.80 Å². The summed E-state index contributed by atoms with van der Waals surface area (Å²) in [6.45, 7) is 2.00. The Balaban J connectivity index is 3.79. The van der Waals surface area contributed by atoms with E-state index in [1.165, 1.54) is 4.90 Å². The first-order valence-electron chi connectivity index (χ1n) is 4.17. The first-order chi connectivity index (χ1) is 6.11. The second-order valence-electron chi connectivity index (χ2n) is 2.98. The topological polar surface area (TPSA) is 49.6 Å². The number of hydrogen-bond donors (Lipinski definition) is 1. The second-order valence-corrected chi connectivity index (χ2v) is 2.98. The van der Waals surface area contributed by atoms with Crippen molar-refractivity contribution in [2.75, 3.05) is 40.3 Å². The van der Waals surface area contributed by atoms with Crippen LogP contribution >= 0.6 is 0 Å². The molecule has 0 spiro atoms. The molecule has 13 heavy (non-hydrogen) atoms. The molecule has 0 aliphatic rings. The highest BCUT2D eigenvalue weighted by Crippen LogP contribution is 1.87. The Hall–Kier alpha value is -1.05. The van der Waals surface area contributed by atoms with Crippen molar-refractivity contribution in [3.63, 3.8) is 0 Å². The zero-order chi connectivity index (χ0) is 10.3. The SMILES string of the molecule is C#CCN(C)C(=O)CN(C)CCN. The smallest absolute Gasteiger partial charge is 0.237 e. The maximum Gasteiger partial charge on any atom is 0.237 e.